The van der Waals surface area contributed by atoms with E-state index >= 15 is 0 Å². The number of fused-ring (bicyclic) bond motifs is 1. The van der Waals surface area contributed by atoms with Crippen molar-refractivity contribution < 1.29 is 0 Å². The molecule has 6 nitrogen and oxygen atoms in total. The fourth-order valence-electron chi connectivity index (χ4n) is 2.47. The van der Waals surface area contributed by atoms with Crippen molar-refractivity contribution in [3.05, 3.63) is 52.2 Å². The Labute approximate surface area is 122 Å². The van der Waals surface area contributed by atoms with Crippen molar-refractivity contribution in [1.29, 1.82) is 0 Å². The van der Waals surface area contributed by atoms with E-state index in [1.807, 2.05) is 42.3 Å². The summed E-state index contributed by atoms with van der Waals surface area (Å²) in [7, 11) is 1.92. The first-order chi connectivity index (χ1) is 10.1. The standard InChI is InChI=1S/C15H19N5O/c1-10(16-6-5-11-8-17-20(2)9-11)12-3-4-13-14(7-12)19-15(21)18-13/h3-4,7-10,16H,5-6H2,1-2H3,(H2,18,19,21). The predicted molar refractivity (Wildman–Crippen MR) is 82.2 cm³/mol. The van der Waals surface area contributed by atoms with E-state index in [0.717, 1.165) is 29.6 Å². The molecule has 1 unspecified atom stereocenters. The molecular weight excluding hydrogens is 266 g/mol. The second kappa shape index (κ2) is 5.57. The Balaban J connectivity index is 1.63. The Morgan fingerprint density at radius 2 is 2.14 bits per heavy atom. The van der Waals surface area contributed by atoms with Gasteiger partial charge in [0.25, 0.3) is 0 Å². The van der Waals surface area contributed by atoms with Gasteiger partial charge in [0.2, 0.25) is 0 Å². The number of benzene rings is 1. The molecule has 0 aliphatic rings. The smallest absolute Gasteiger partial charge is 0.310 e. The van der Waals surface area contributed by atoms with Crippen LogP contribution < -0.4 is 11.0 Å². The van der Waals surface area contributed by atoms with Crippen LogP contribution in [-0.4, -0.2) is 26.3 Å². The summed E-state index contributed by atoms with van der Waals surface area (Å²) in [4.78, 5) is 16.8. The molecule has 0 fully saturated rings. The molecule has 2 heterocycles. The molecule has 3 N–H and O–H groups in total. The molecule has 3 rings (SSSR count). The third kappa shape index (κ3) is 3.05. The Morgan fingerprint density at radius 3 is 2.90 bits per heavy atom. The zero-order valence-electron chi connectivity index (χ0n) is 12.2. The normalized spacial score (nSPS) is 12.9. The summed E-state index contributed by atoms with van der Waals surface area (Å²) >= 11 is 0. The zero-order chi connectivity index (χ0) is 14.8. The lowest BCUT2D eigenvalue weighted by atomic mass is 10.1. The molecule has 0 amide bonds. The highest BCUT2D eigenvalue weighted by Gasteiger charge is 2.07. The summed E-state index contributed by atoms with van der Waals surface area (Å²) in [6.45, 7) is 3.00. The highest BCUT2D eigenvalue weighted by atomic mass is 16.1. The minimum absolute atomic E-state index is 0.167. The fourth-order valence-corrected chi connectivity index (χ4v) is 2.47. The van der Waals surface area contributed by atoms with Crippen LogP contribution in [-0.2, 0) is 13.5 Å². The molecule has 0 saturated carbocycles. The highest BCUT2D eigenvalue weighted by Crippen LogP contribution is 2.16. The van der Waals surface area contributed by atoms with Gasteiger partial charge in [-0.3, -0.25) is 4.68 Å². The van der Waals surface area contributed by atoms with Crippen LogP contribution in [0.15, 0.2) is 35.4 Å². The lowest BCUT2D eigenvalue weighted by molar-refractivity contribution is 0.577. The molecular formula is C15H19N5O. The maximum absolute atomic E-state index is 11.3. The predicted octanol–water partition coefficient (Wildman–Crippen LogP) is 1.48. The van der Waals surface area contributed by atoms with Crippen LogP contribution in [0.25, 0.3) is 11.0 Å². The number of imidazole rings is 1. The van der Waals surface area contributed by atoms with Crippen molar-refractivity contribution in [3.8, 4) is 0 Å². The number of H-pyrrole nitrogens is 2. The topological polar surface area (TPSA) is 78.5 Å². The molecule has 0 aliphatic carbocycles. The van der Waals surface area contributed by atoms with Crippen molar-refractivity contribution in [1.82, 2.24) is 25.1 Å². The van der Waals surface area contributed by atoms with E-state index in [1.165, 1.54) is 5.56 Å². The average molecular weight is 285 g/mol. The number of aromatic nitrogens is 4. The number of aryl methyl sites for hydroxylation is 1. The van der Waals surface area contributed by atoms with E-state index in [2.05, 4.69) is 27.3 Å². The molecule has 3 aromatic rings. The van der Waals surface area contributed by atoms with Gasteiger partial charge in [0.15, 0.2) is 0 Å². The van der Waals surface area contributed by atoms with E-state index in [1.54, 1.807) is 0 Å². The molecule has 0 saturated heterocycles. The molecule has 0 radical (unpaired) electrons. The van der Waals surface area contributed by atoms with Crippen LogP contribution in [0.5, 0.6) is 0 Å². The molecule has 1 aromatic carbocycles. The monoisotopic (exact) mass is 285 g/mol. The van der Waals surface area contributed by atoms with Crippen molar-refractivity contribution in [2.45, 2.75) is 19.4 Å². The molecule has 2 aromatic heterocycles. The largest absolute Gasteiger partial charge is 0.323 e. The van der Waals surface area contributed by atoms with Crippen LogP contribution in [0.2, 0.25) is 0 Å². The molecule has 1 atom stereocenters. The van der Waals surface area contributed by atoms with Gasteiger partial charge in [-0.2, -0.15) is 5.10 Å². The first-order valence-electron chi connectivity index (χ1n) is 7.04. The lowest BCUT2D eigenvalue weighted by Crippen LogP contribution is -2.21. The van der Waals surface area contributed by atoms with E-state index in [-0.39, 0.29) is 11.7 Å². The van der Waals surface area contributed by atoms with Gasteiger partial charge in [0.1, 0.15) is 0 Å². The summed E-state index contributed by atoms with van der Waals surface area (Å²) in [6, 6.07) is 6.20. The molecule has 110 valence electrons. The fraction of sp³-hybridized carbons (Fsp3) is 0.333. The average Bonchev–Trinajstić information content (AvgIpc) is 3.02. The van der Waals surface area contributed by atoms with Gasteiger partial charge in [-0.15, -0.1) is 0 Å². The minimum atomic E-state index is -0.167. The van der Waals surface area contributed by atoms with Gasteiger partial charge in [-0.25, -0.2) is 4.79 Å². The van der Waals surface area contributed by atoms with Crippen molar-refractivity contribution in [3.63, 3.8) is 0 Å². The highest BCUT2D eigenvalue weighted by molar-refractivity contribution is 5.75. The van der Waals surface area contributed by atoms with Crippen LogP contribution in [0.4, 0.5) is 0 Å². The van der Waals surface area contributed by atoms with Gasteiger partial charge >= 0.3 is 5.69 Å². The Morgan fingerprint density at radius 1 is 1.33 bits per heavy atom. The van der Waals surface area contributed by atoms with Gasteiger partial charge in [-0.05, 0) is 43.1 Å². The number of nitrogens with one attached hydrogen (secondary N) is 3. The quantitative estimate of drug-likeness (QED) is 0.664. The summed E-state index contributed by atoms with van der Waals surface area (Å²) in [6.07, 6.45) is 4.87. The summed E-state index contributed by atoms with van der Waals surface area (Å²) in [5.74, 6) is 0. The summed E-state index contributed by atoms with van der Waals surface area (Å²) < 4.78 is 1.81. The van der Waals surface area contributed by atoms with Crippen LogP contribution in [0.3, 0.4) is 0 Å². The minimum Gasteiger partial charge on any atom is -0.310 e. The maximum Gasteiger partial charge on any atom is 0.323 e. The SMILES string of the molecule is CC(NCCc1cnn(C)c1)c1ccc2[nH]c(=O)[nH]c2c1. The van der Waals surface area contributed by atoms with Crippen molar-refractivity contribution in [2.24, 2.45) is 7.05 Å². The van der Waals surface area contributed by atoms with Crippen LogP contribution in [0, 0.1) is 0 Å². The van der Waals surface area contributed by atoms with E-state index in [9.17, 15) is 4.79 Å². The molecule has 0 spiro atoms. The van der Waals surface area contributed by atoms with Crippen molar-refractivity contribution >= 4 is 11.0 Å². The Kier molecular flexibility index (Phi) is 3.62. The van der Waals surface area contributed by atoms with Crippen molar-refractivity contribution in [2.75, 3.05) is 6.54 Å². The summed E-state index contributed by atoms with van der Waals surface area (Å²) in [5.41, 5.74) is 3.90. The number of hydrogen-bond acceptors (Lipinski definition) is 3. The number of nitrogens with zero attached hydrogens (tertiary/aromatic N) is 2. The van der Waals surface area contributed by atoms with Gasteiger partial charge in [-0.1, -0.05) is 6.07 Å². The first kappa shape index (κ1) is 13.6. The zero-order valence-corrected chi connectivity index (χ0v) is 12.2. The second-order valence-corrected chi connectivity index (χ2v) is 5.33. The number of rotatable bonds is 5. The third-order valence-corrected chi connectivity index (χ3v) is 3.66. The van der Waals surface area contributed by atoms with E-state index < -0.39 is 0 Å². The molecule has 21 heavy (non-hydrogen) atoms. The molecule has 6 heteroatoms. The van der Waals surface area contributed by atoms with Gasteiger partial charge in [0.05, 0.1) is 17.2 Å². The van der Waals surface area contributed by atoms with E-state index in [0.29, 0.717) is 0 Å². The first-order valence-corrected chi connectivity index (χ1v) is 7.04. The second-order valence-electron chi connectivity index (χ2n) is 5.33. The third-order valence-electron chi connectivity index (χ3n) is 3.66. The lowest BCUT2D eigenvalue weighted by Gasteiger charge is -2.14. The number of hydrogen-bond donors (Lipinski definition) is 3. The number of aromatic amines is 2. The van der Waals surface area contributed by atoms with E-state index in [4.69, 9.17) is 0 Å². The Bertz CT molecular complexity index is 798. The van der Waals surface area contributed by atoms with Crippen LogP contribution >= 0.6 is 0 Å². The van der Waals surface area contributed by atoms with Gasteiger partial charge < -0.3 is 15.3 Å². The summed E-state index contributed by atoms with van der Waals surface area (Å²) in [5, 5.41) is 7.65. The molecule has 0 bridgehead atoms. The van der Waals surface area contributed by atoms with Gasteiger partial charge in [0, 0.05) is 19.3 Å². The van der Waals surface area contributed by atoms with Crippen LogP contribution in [0.1, 0.15) is 24.1 Å². The Hall–Kier alpha value is -2.34. The molecule has 0 aliphatic heterocycles. The maximum atomic E-state index is 11.3.